The van der Waals surface area contributed by atoms with Gasteiger partial charge in [0.25, 0.3) is 10.1 Å². The van der Waals surface area contributed by atoms with Gasteiger partial charge in [-0.05, 0) is 28.8 Å². The van der Waals surface area contributed by atoms with E-state index in [1.807, 2.05) is 12.1 Å². The lowest BCUT2D eigenvalue weighted by Crippen LogP contribution is -2.34. The fourth-order valence-corrected chi connectivity index (χ4v) is 3.69. The van der Waals surface area contributed by atoms with Crippen molar-refractivity contribution in [2.24, 2.45) is 0 Å². The second-order valence-electron chi connectivity index (χ2n) is 6.08. The van der Waals surface area contributed by atoms with Gasteiger partial charge in [0.05, 0.1) is 4.90 Å². The molecule has 0 saturated heterocycles. The molecule has 0 bridgehead atoms. The zero-order valence-electron chi connectivity index (χ0n) is 14.7. The van der Waals surface area contributed by atoms with E-state index in [-0.39, 0.29) is 4.90 Å². The van der Waals surface area contributed by atoms with Gasteiger partial charge in [-0.15, -0.1) is 0 Å². The highest BCUT2D eigenvalue weighted by Crippen LogP contribution is 2.31. The monoisotopic (exact) mass is 380 g/mol. The second kappa shape index (κ2) is 7.88. The standard InChI is InChI=1S/C22H20O4S/c1-2-18-13-15-21(16-14-18)27(24,25)26-17-22(23,19-9-5-3-6-10-19)20-11-7-4-8-12-20/h2-16,23H,1,17H2. The summed E-state index contributed by atoms with van der Waals surface area (Å²) in [7, 11) is -4.03. The lowest BCUT2D eigenvalue weighted by molar-refractivity contribution is 0.0300. The Labute approximate surface area is 159 Å². The maximum atomic E-state index is 12.6. The highest BCUT2D eigenvalue weighted by Gasteiger charge is 2.34. The van der Waals surface area contributed by atoms with Crippen molar-refractivity contribution in [2.75, 3.05) is 6.61 Å². The summed E-state index contributed by atoms with van der Waals surface area (Å²) < 4.78 is 30.4. The average molecular weight is 380 g/mol. The SMILES string of the molecule is C=Cc1ccc(S(=O)(=O)OCC(O)(c2ccccc2)c2ccccc2)cc1. The minimum Gasteiger partial charge on any atom is -0.378 e. The molecule has 0 saturated carbocycles. The van der Waals surface area contributed by atoms with Crippen molar-refractivity contribution in [3.05, 3.63) is 108 Å². The van der Waals surface area contributed by atoms with Gasteiger partial charge in [-0.3, -0.25) is 4.18 Å². The van der Waals surface area contributed by atoms with E-state index in [0.29, 0.717) is 11.1 Å². The first-order chi connectivity index (χ1) is 13.0. The first-order valence-corrected chi connectivity index (χ1v) is 9.82. The van der Waals surface area contributed by atoms with E-state index in [2.05, 4.69) is 6.58 Å². The number of rotatable bonds is 7. The van der Waals surface area contributed by atoms with Crippen LogP contribution in [-0.2, 0) is 19.9 Å². The summed E-state index contributed by atoms with van der Waals surface area (Å²) in [4.78, 5) is 0.0246. The second-order valence-corrected chi connectivity index (χ2v) is 7.70. The molecule has 3 aromatic carbocycles. The first kappa shape index (κ1) is 19.0. The molecule has 5 heteroatoms. The number of aliphatic hydroxyl groups is 1. The lowest BCUT2D eigenvalue weighted by atomic mass is 9.87. The van der Waals surface area contributed by atoms with Gasteiger partial charge >= 0.3 is 0 Å². The quantitative estimate of drug-likeness (QED) is 0.630. The van der Waals surface area contributed by atoms with Gasteiger partial charge in [0.15, 0.2) is 0 Å². The van der Waals surface area contributed by atoms with Crippen molar-refractivity contribution in [1.29, 1.82) is 0 Å². The Morgan fingerprint density at radius 3 is 1.78 bits per heavy atom. The van der Waals surface area contributed by atoms with Crippen molar-refractivity contribution in [3.8, 4) is 0 Å². The van der Waals surface area contributed by atoms with Gasteiger partial charge in [-0.1, -0.05) is 85.5 Å². The Bertz CT molecular complexity index is 956. The Morgan fingerprint density at radius 2 is 1.33 bits per heavy atom. The van der Waals surface area contributed by atoms with Crippen LogP contribution in [0.1, 0.15) is 16.7 Å². The van der Waals surface area contributed by atoms with E-state index in [1.165, 1.54) is 12.1 Å². The van der Waals surface area contributed by atoms with Gasteiger partial charge in [0.1, 0.15) is 12.2 Å². The van der Waals surface area contributed by atoms with Gasteiger partial charge in [-0.2, -0.15) is 8.42 Å². The summed E-state index contributed by atoms with van der Waals surface area (Å²) in [6.45, 7) is 3.21. The van der Waals surface area contributed by atoms with Crippen LogP contribution in [0.4, 0.5) is 0 Å². The molecule has 4 nitrogen and oxygen atoms in total. The Balaban J connectivity index is 1.92. The third-order valence-electron chi connectivity index (χ3n) is 4.33. The molecule has 1 N–H and O–H groups in total. The van der Waals surface area contributed by atoms with Crippen LogP contribution in [0.15, 0.2) is 96.4 Å². The molecule has 0 atom stereocenters. The Morgan fingerprint density at radius 1 is 0.852 bits per heavy atom. The predicted molar refractivity (Wildman–Crippen MR) is 106 cm³/mol. The van der Waals surface area contributed by atoms with Gasteiger partial charge in [0, 0.05) is 0 Å². The largest absolute Gasteiger partial charge is 0.378 e. The van der Waals surface area contributed by atoms with Crippen LogP contribution in [0.3, 0.4) is 0 Å². The molecule has 27 heavy (non-hydrogen) atoms. The van der Waals surface area contributed by atoms with E-state index < -0.39 is 22.3 Å². The fourth-order valence-electron chi connectivity index (χ4n) is 2.76. The van der Waals surface area contributed by atoms with Crippen LogP contribution in [0.5, 0.6) is 0 Å². The smallest absolute Gasteiger partial charge is 0.297 e. The minimum absolute atomic E-state index is 0.0246. The molecule has 0 aliphatic carbocycles. The topological polar surface area (TPSA) is 63.6 Å². The zero-order chi connectivity index (χ0) is 19.3. The highest BCUT2D eigenvalue weighted by atomic mass is 32.2. The summed E-state index contributed by atoms with van der Waals surface area (Å²) in [6, 6.07) is 23.9. The molecular formula is C22H20O4S. The molecule has 0 aliphatic heterocycles. The number of hydrogen-bond acceptors (Lipinski definition) is 4. The van der Waals surface area contributed by atoms with E-state index in [1.54, 1.807) is 66.7 Å². The fraction of sp³-hybridized carbons (Fsp3) is 0.0909. The zero-order valence-corrected chi connectivity index (χ0v) is 15.5. The highest BCUT2D eigenvalue weighted by molar-refractivity contribution is 7.86. The van der Waals surface area contributed by atoms with E-state index in [0.717, 1.165) is 5.56 Å². The number of hydrogen-bond donors (Lipinski definition) is 1. The lowest BCUT2D eigenvalue weighted by Gasteiger charge is -2.28. The molecular weight excluding hydrogens is 360 g/mol. The molecule has 0 aliphatic rings. The van der Waals surface area contributed by atoms with Crippen LogP contribution >= 0.6 is 0 Å². The van der Waals surface area contributed by atoms with Crippen LogP contribution in [-0.4, -0.2) is 20.1 Å². The molecule has 0 radical (unpaired) electrons. The van der Waals surface area contributed by atoms with Gasteiger partial charge in [0.2, 0.25) is 0 Å². The number of benzene rings is 3. The average Bonchev–Trinajstić information content (AvgIpc) is 2.73. The van der Waals surface area contributed by atoms with Crippen LogP contribution in [0.2, 0.25) is 0 Å². The molecule has 3 aromatic rings. The van der Waals surface area contributed by atoms with Crippen molar-refractivity contribution in [3.63, 3.8) is 0 Å². The van der Waals surface area contributed by atoms with Crippen LogP contribution < -0.4 is 0 Å². The van der Waals surface area contributed by atoms with Crippen molar-refractivity contribution < 1.29 is 17.7 Å². The predicted octanol–water partition coefficient (Wildman–Crippen LogP) is 3.97. The normalized spacial score (nSPS) is 11.9. The van der Waals surface area contributed by atoms with E-state index in [9.17, 15) is 13.5 Å². The summed E-state index contributed by atoms with van der Waals surface area (Å²) in [5.41, 5.74) is 0.303. The Hall–Kier alpha value is -2.73. The summed E-state index contributed by atoms with van der Waals surface area (Å²) in [6.07, 6.45) is 1.63. The third-order valence-corrected chi connectivity index (χ3v) is 5.61. The molecule has 0 amide bonds. The maximum Gasteiger partial charge on any atom is 0.297 e. The van der Waals surface area contributed by atoms with Gasteiger partial charge in [-0.25, -0.2) is 0 Å². The summed E-state index contributed by atoms with van der Waals surface area (Å²) in [5.74, 6) is 0. The summed E-state index contributed by atoms with van der Waals surface area (Å²) in [5, 5.41) is 11.3. The van der Waals surface area contributed by atoms with Crippen LogP contribution in [0, 0.1) is 0 Å². The molecule has 0 spiro atoms. The molecule has 0 heterocycles. The summed E-state index contributed by atoms with van der Waals surface area (Å²) >= 11 is 0. The van der Waals surface area contributed by atoms with Crippen molar-refractivity contribution in [1.82, 2.24) is 0 Å². The maximum absolute atomic E-state index is 12.6. The van der Waals surface area contributed by atoms with E-state index >= 15 is 0 Å². The van der Waals surface area contributed by atoms with Gasteiger partial charge < -0.3 is 5.11 Å². The molecule has 0 unspecified atom stereocenters. The minimum atomic E-state index is -4.03. The molecule has 3 rings (SSSR count). The Kier molecular flexibility index (Phi) is 5.56. The molecule has 0 aromatic heterocycles. The molecule has 0 fully saturated rings. The van der Waals surface area contributed by atoms with Crippen molar-refractivity contribution in [2.45, 2.75) is 10.5 Å². The third kappa shape index (κ3) is 4.17. The van der Waals surface area contributed by atoms with Crippen molar-refractivity contribution >= 4 is 16.2 Å². The molecule has 138 valence electrons. The van der Waals surface area contributed by atoms with Crippen LogP contribution in [0.25, 0.3) is 6.08 Å². The van der Waals surface area contributed by atoms with E-state index in [4.69, 9.17) is 4.18 Å². The first-order valence-electron chi connectivity index (χ1n) is 8.41.